The van der Waals surface area contributed by atoms with Gasteiger partial charge in [0.05, 0.1) is 11.8 Å². The van der Waals surface area contributed by atoms with E-state index in [1.807, 2.05) is 10.8 Å². The van der Waals surface area contributed by atoms with E-state index in [0.717, 1.165) is 10.8 Å². The zero-order valence-electron chi connectivity index (χ0n) is 10.5. The van der Waals surface area contributed by atoms with Gasteiger partial charge in [-0.15, -0.1) is 0 Å². The average molecular weight is 257 g/mol. The Kier molecular flexibility index (Phi) is 4.06. The predicted octanol–water partition coefficient (Wildman–Crippen LogP) is 3.61. The molecule has 0 saturated carbocycles. The molecule has 92 valence electrons. The van der Waals surface area contributed by atoms with Crippen LogP contribution in [0.2, 0.25) is 0 Å². The molecule has 0 unspecified atom stereocenters. The van der Waals surface area contributed by atoms with Crippen LogP contribution in [0.5, 0.6) is 0 Å². The Morgan fingerprint density at radius 1 is 1.33 bits per heavy atom. The van der Waals surface area contributed by atoms with Crippen molar-refractivity contribution in [3.63, 3.8) is 0 Å². The first-order chi connectivity index (χ1) is 8.72. The van der Waals surface area contributed by atoms with Crippen LogP contribution in [-0.4, -0.2) is 15.3 Å². The highest BCUT2D eigenvalue weighted by molar-refractivity contribution is 7.99. The lowest BCUT2D eigenvalue weighted by molar-refractivity contribution is 0.858. The maximum atomic E-state index is 8.62. The van der Waals surface area contributed by atoms with Gasteiger partial charge in [-0.1, -0.05) is 37.7 Å². The normalized spacial score (nSPS) is 10.6. The third-order valence-electron chi connectivity index (χ3n) is 2.71. The van der Waals surface area contributed by atoms with Crippen molar-refractivity contribution in [1.82, 2.24) is 9.55 Å². The fourth-order valence-corrected chi connectivity index (χ4v) is 2.34. The Morgan fingerprint density at radius 2 is 2.06 bits per heavy atom. The summed E-state index contributed by atoms with van der Waals surface area (Å²) in [7, 11) is 0. The first-order valence-corrected chi connectivity index (χ1v) is 6.84. The van der Waals surface area contributed by atoms with Gasteiger partial charge in [0.1, 0.15) is 0 Å². The quantitative estimate of drug-likeness (QED) is 0.786. The van der Waals surface area contributed by atoms with E-state index in [1.165, 1.54) is 17.3 Å². The van der Waals surface area contributed by atoms with Gasteiger partial charge >= 0.3 is 0 Å². The number of hydrogen-bond donors (Lipinski definition) is 0. The van der Waals surface area contributed by atoms with Crippen LogP contribution in [0, 0.1) is 11.3 Å². The smallest absolute Gasteiger partial charge is 0.173 e. The summed E-state index contributed by atoms with van der Waals surface area (Å²) in [5.74, 6) is 0.954. The van der Waals surface area contributed by atoms with Crippen molar-refractivity contribution in [3.05, 3.63) is 42.2 Å². The van der Waals surface area contributed by atoms with Crippen LogP contribution < -0.4 is 0 Å². The summed E-state index contributed by atoms with van der Waals surface area (Å²) < 4.78 is 2.01. The molecule has 0 saturated heterocycles. The summed E-state index contributed by atoms with van der Waals surface area (Å²) in [6, 6.07) is 10.6. The first-order valence-electron chi connectivity index (χ1n) is 5.86. The zero-order valence-corrected chi connectivity index (χ0v) is 11.3. The number of thioether (sulfide) groups is 1. The zero-order chi connectivity index (χ0) is 13.0. The predicted molar refractivity (Wildman–Crippen MR) is 74.0 cm³/mol. The highest BCUT2D eigenvalue weighted by Gasteiger charge is 2.06. The molecule has 18 heavy (non-hydrogen) atoms. The summed E-state index contributed by atoms with van der Waals surface area (Å²) in [6.45, 7) is 4.36. The van der Waals surface area contributed by atoms with Crippen LogP contribution >= 0.6 is 11.8 Å². The Labute approximate surface area is 111 Å². The fourth-order valence-electron chi connectivity index (χ4n) is 1.71. The van der Waals surface area contributed by atoms with E-state index < -0.39 is 0 Å². The van der Waals surface area contributed by atoms with Crippen molar-refractivity contribution >= 4 is 11.8 Å². The molecule has 0 atom stereocenters. The summed E-state index contributed by atoms with van der Waals surface area (Å²) in [6.07, 6.45) is 3.68. The van der Waals surface area contributed by atoms with Gasteiger partial charge in [-0.2, -0.15) is 5.26 Å². The van der Waals surface area contributed by atoms with Crippen LogP contribution in [0.15, 0.2) is 41.8 Å². The van der Waals surface area contributed by atoms with E-state index in [0.29, 0.717) is 11.7 Å². The Hall–Kier alpha value is -1.73. The molecule has 0 radical (unpaired) electrons. The van der Waals surface area contributed by atoms with E-state index in [1.54, 1.807) is 6.20 Å². The van der Waals surface area contributed by atoms with Crippen LogP contribution in [-0.2, 0) is 0 Å². The molecule has 2 rings (SSSR count). The third kappa shape index (κ3) is 2.74. The Morgan fingerprint density at radius 3 is 2.67 bits per heavy atom. The van der Waals surface area contributed by atoms with Crippen molar-refractivity contribution in [2.45, 2.75) is 24.9 Å². The molecule has 0 aliphatic rings. The molecule has 3 nitrogen and oxygen atoms in total. The molecule has 0 spiro atoms. The molecule has 1 aromatic carbocycles. The van der Waals surface area contributed by atoms with Gasteiger partial charge in [-0.25, -0.2) is 4.98 Å². The van der Waals surface area contributed by atoms with E-state index in [2.05, 4.69) is 49.2 Å². The third-order valence-corrected chi connectivity index (χ3v) is 3.54. The number of nitriles is 1. The minimum Gasteiger partial charge on any atom is -0.295 e. The van der Waals surface area contributed by atoms with Gasteiger partial charge in [0, 0.05) is 18.1 Å². The average Bonchev–Trinajstić information content (AvgIpc) is 2.84. The summed E-state index contributed by atoms with van der Waals surface area (Å²) in [5.41, 5.74) is 2.41. The van der Waals surface area contributed by atoms with Crippen LogP contribution in [0.3, 0.4) is 0 Å². The molecule has 0 bridgehead atoms. The van der Waals surface area contributed by atoms with Gasteiger partial charge in [0.25, 0.3) is 0 Å². The molecular weight excluding hydrogens is 242 g/mol. The molecule has 0 fully saturated rings. The highest BCUT2D eigenvalue weighted by Crippen LogP contribution is 2.22. The standard InChI is InChI=1S/C14H15N3S/c1-11(2)12-3-5-13(6-4-12)17-9-8-16-14(17)18-10-7-15/h3-6,8-9,11H,10H2,1-2H3. The molecule has 1 heterocycles. The van der Waals surface area contributed by atoms with Crippen LogP contribution in [0.25, 0.3) is 5.69 Å². The number of aromatic nitrogens is 2. The lowest BCUT2D eigenvalue weighted by Crippen LogP contribution is -1.96. The lowest BCUT2D eigenvalue weighted by atomic mass is 10.0. The molecular formula is C14H15N3S. The highest BCUT2D eigenvalue weighted by atomic mass is 32.2. The number of rotatable bonds is 4. The molecule has 1 aromatic heterocycles. The van der Waals surface area contributed by atoms with E-state index >= 15 is 0 Å². The molecule has 4 heteroatoms. The second-order valence-electron chi connectivity index (χ2n) is 4.27. The minimum atomic E-state index is 0.418. The number of hydrogen-bond acceptors (Lipinski definition) is 3. The molecule has 0 aliphatic carbocycles. The first kappa shape index (κ1) is 12.7. The molecule has 0 aliphatic heterocycles. The maximum absolute atomic E-state index is 8.62. The van der Waals surface area contributed by atoms with E-state index in [4.69, 9.17) is 5.26 Å². The van der Waals surface area contributed by atoms with Gasteiger partial charge < -0.3 is 0 Å². The van der Waals surface area contributed by atoms with Crippen molar-refractivity contribution in [2.75, 3.05) is 5.75 Å². The van der Waals surface area contributed by atoms with Crippen molar-refractivity contribution in [3.8, 4) is 11.8 Å². The topological polar surface area (TPSA) is 41.6 Å². The van der Waals surface area contributed by atoms with Crippen molar-refractivity contribution < 1.29 is 0 Å². The lowest BCUT2D eigenvalue weighted by Gasteiger charge is -2.09. The minimum absolute atomic E-state index is 0.418. The second kappa shape index (κ2) is 5.74. The van der Waals surface area contributed by atoms with Gasteiger partial charge in [-0.3, -0.25) is 4.57 Å². The number of imidazole rings is 1. The summed E-state index contributed by atoms with van der Waals surface area (Å²) in [5, 5.41) is 9.47. The van der Waals surface area contributed by atoms with Gasteiger partial charge in [0.2, 0.25) is 0 Å². The second-order valence-corrected chi connectivity index (χ2v) is 5.22. The fraction of sp³-hybridized carbons (Fsp3) is 0.286. The summed E-state index contributed by atoms with van der Waals surface area (Å²) >= 11 is 1.45. The largest absolute Gasteiger partial charge is 0.295 e. The van der Waals surface area contributed by atoms with Gasteiger partial charge in [-0.05, 0) is 23.6 Å². The molecule has 0 amide bonds. The molecule has 2 aromatic rings. The van der Waals surface area contributed by atoms with E-state index in [9.17, 15) is 0 Å². The monoisotopic (exact) mass is 257 g/mol. The maximum Gasteiger partial charge on any atom is 0.173 e. The Bertz CT molecular complexity index is 549. The van der Waals surface area contributed by atoms with Crippen molar-refractivity contribution in [1.29, 1.82) is 5.26 Å². The van der Waals surface area contributed by atoms with Gasteiger partial charge in [0.15, 0.2) is 5.16 Å². The SMILES string of the molecule is CC(C)c1ccc(-n2ccnc2SCC#N)cc1. The van der Waals surface area contributed by atoms with Crippen molar-refractivity contribution in [2.24, 2.45) is 0 Å². The van der Waals surface area contributed by atoms with E-state index in [-0.39, 0.29) is 0 Å². The number of benzene rings is 1. The van der Waals surface area contributed by atoms with Crippen LogP contribution in [0.1, 0.15) is 25.3 Å². The number of nitrogens with zero attached hydrogens (tertiary/aromatic N) is 3. The van der Waals surface area contributed by atoms with Crippen LogP contribution in [0.4, 0.5) is 0 Å². The Balaban J connectivity index is 2.26. The summed E-state index contributed by atoms with van der Waals surface area (Å²) in [4.78, 5) is 4.26. The molecule has 0 N–H and O–H groups in total.